The number of nitrogen functional groups attached to an aromatic ring is 1. The molecule has 0 aliphatic rings. The molecule has 1 rings (SSSR count). The number of aromatic nitrogens is 3. The Bertz CT molecular complexity index is 374. The van der Waals surface area contributed by atoms with Crippen LogP contribution in [-0.4, -0.2) is 20.9 Å². The molecule has 1 aromatic rings. The number of carbonyl (C=O) groups excluding carboxylic acids is 1. The Hall–Kier alpha value is -1.59. The van der Waals surface area contributed by atoms with Crippen molar-refractivity contribution in [1.82, 2.24) is 15.0 Å². The quantitative estimate of drug-likeness (QED) is 0.704. The van der Waals surface area contributed by atoms with Gasteiger partial charge in [-0.3, -0.25) is 4.79 Å². The van der Waals surface area contributed by atoms with Crippen molar-refractivity contribution in [1.29, 1.82) is 0 Å². The third-order valence-electron chi connectivity index (χ3n) is 2.86. The fourth-order valence-electron chi connectivity index (χ4n) is 1.79. The SMILES string of the molecule is CCCCCCC(C)n1nnc(C(N)=O)c1N. The summed E-state index contributed by atoms with van der Waals surface area (Å²) in [5, 5.41) is 7.57. The number of amides is 1. The van der Waals surface area contributed by atoms with E-state index in [0.29, 0.717) is 0 Å². The first kappa shape index (κ1) is 13.5. The summed E-state index contributed by atoms with van der Waals surface area (Å²) in [4.78, 5) is 11.0. The molecule has 6 nitrogen and oxygen atoms in total. The molecule has 1 amide bonds. The zero-order chi connectivity index (χ0) is 12.8. The number of primary amides is 1. The van der Waals surface area contributed by atoms with Crippen LogP contribution in [0, 0.1) is 0 Å². The third-order valence-corrected chi connectivity index (χ3v) is 2.86. The summed E-state index contributed by atoms with van der Waals surface area (Å²) in [5.74, 6) is -0.368. The molecule has 1 unspecified atom stereocenters. The standard InChI is InChI=1S/C11H21N5O/c1-3-4-5-6-7-8(2)16-10(12)9(11(13)17)14-15-16/h8H,3-7,12H2,1-2H3,(H2,13,17). The van der Waals surface area contributed by atoms with Gasteiger partial charge in [0.25, 0.3) is 5.91 Å². The number of unbranched alkanes of at least 4 members (excludes halogenated alkanes) is 3. The fraction of sp³-hybridized carbons (Fsp3) is 0.727. The van der Waals surface area contributed by atoms with Crippen molar-refractivity contribution in [3.63, 3.8) is 0 Å². The summed E-state index contributed by atoms with van der Waals surface area (Å²) in [5.41, 5.74) is 11.0. The minimum atomic E-state index is -0.632. The smallest absolute Gasteiger partial charge is 0.273 e. The molecular formula is C11H21N5O. The van der Waals surface area contributed by atoms with Gasteiger partial charge in [-0.15, -0.1) is 5.10 Å². The van der Waals surface area contributed by atoms with Crippen LogP contribution in [0.5, 0.6) is 0 Å². The third kappa shape index (κ3) is 3.44. The lowest BCUT2D eigenvalue weighted by molar-refractivity contribution is 0.0996. The number of carbonyl (C=O) groups is 1. The fourth-order valence-corrected chi connectivity index (χ4v) is 1.79. The molecule has 0 saturated carbocycles. The molecule has 0 fully saturated rings. The maximum atomic E-state index is 11.0. The molecule has 0 spiro atoms. The predicted molar refractivity (Wildman–Crippen MR) is 66.4 cm³/mol. The average molecular weight is 239 g/mol. The lowest BCUT2D eigenvalue weighted by Crippen LogP contribution is -2.15. The van der Waals surface area contributed by atoms with Crippen LogP contribution < -0.4 is 11.5 Å². The molecule has 0 saturated heterocycles. The van der Waals surface area contributed by atoms with E-state index < -0.39 is 5.91 Å². The molecule has 4 N–H and O–H groups in total. The maximum Gasteiger partial charge on any atom is 0.273 e. The van der Waals surface area contributed by atoms with E-state index in [-0.39, 0.29) is 17.6 Å². The molecule has 0 radical (unpaired) electrons. The van der Waals surface area contributed by atoms with Crippen molar-refractivity contribution >= 4 is 11.7 Å². The number of nitrogens with zero attached hydrogens (tertiary/aromatic N) is 3. The lowest BCUT2D eigenvalue weighted by Gasteiger charge is -2.12. The zero-order valence-electron chi connectivity index (χ0n) is 10.5. The van der Waals surface area contributed by atoms with Crippen LogP contribution in [0.2, 0.25) is 0 Å². The van der Waals surface area contributed by atoms with Crippen LogP contribution >= 0.6 is 0 Å². The van der Waals surface area contributed by atoms with Crippen molar-refractivity contribution in [3.8, 4) is 0 Å². The minimum absolute atomic E-state index is 0.0606. The molecule has 0 aliphatic heterocycles. The Kier molecular flexibility index (Phi) is 4.93. The van der Waals surface area contributed by atoms with Gasteiger partial charge >= 0.3 is 0 Å². The van der Waals surface area contributed by atoms with Crippen LogP contribution in [0.4, 0.5) is 5.82 Å². The van der Waals surface area contributed by atoms with Crippen molar-refractivity contribution < 1.29 is 4.79 Å². The minimum Gasteiger partial charge on any atom is -0.382 e. The second-order valence-electron chi connectivity index (χ2n) is 4.33. The van der Waals surface area contributed by atoms with E-state index in [1.807, 2.05) is 6.92 Å². The summed E-state index contributed by atoms with van der Waals surface area (Å²) >= 11 is 0. The summed E-state index contributed by atoms with van der Waals surface area (Å²) in [7, 11) is 0. The van der Waals surface area contributed by atoms with E-state index in [2.05, 4.69) is 17.2 Å². The van der Waals surface area contributed by atoms with Gasteiger partial charge in [0, 0.05) is 0 Å². The molecule has 0 aliphatic carbocycles. The molecule has 1 atom stereocenters. The van der Waals surface area contributed by atoms with Gasteiger partial charge in [0.15, 0.2) is 11.5 Å². The number of hydrogen-bond donors (Lipinski definition) is 2. The Balaban J connectivity index is 2.57. The van der Waals surface area contributed by atoms with Gasteiger partial charge in [-0.25, -0.2) is 4.68 Å². The van der Waals surface area contributed by atoms with Crippen molar-refractivity contribution in [2.24, 2.45) is 5.73 Å². The average Bonchev–Trinajstić information content (AvgIpc) is 2.66. The Morgan fingerprint density at radius 3 is 2.65 bits per heavy atom. The summed E-state index contributed by atoms with van der Waals surface area (Å²) < 4.78 is 1.58. The van der Waals surface area contributed by atoms with Crippen molar-refractivity contribution in [2.45, 2.75) is 52.0 Å². The lowest BCUT2D eigenvalue weighted by atomic mass is 10.1. The highest BCUT2D eigenvalue weighted by Gasteiger charge is 2.17. The van der Waals surface area contributed by atoms with E-state index in [1.54, 1.807) is 4.68 Å². The summed E-state index contributed by atoms with van der Waals surface area (Å²) in [6, 6.07) is 0.146. The highest BCUT2D eigenvalue weighted by molar-refractivity contribution is 5.94. The van der Waals surface area contributed by atoms with Crippen LogP contribution in [0.25, 0.3) is 0 Å². The summed E-state index contributed by atoms with van der Waals surface area (Å²) in [6.45, 7) is 4.19. The first-order valence-corrected chi connectivity index (χ1v) is 6.08. The maximum absolute atomic E-state index is 11.0. The van der Waals surface area contributed by atoms with Crippen molar-refractivity contribution in [2.75, 3.05) is 5.73 Å². The highest BCUT2D eigenvalue weighted by atomic mass is 16.1. The first-order valence-electron chi connectivity index (χ1n) is 6.08. The molecule has 0 aromatic carbocycles. The van der Waals surface area contributed by atoms with Crippen LogP contribution in [0.3, 0.4) is 0 Å². The largest absolute Gasteiger partial charge is 0.382 e. The van der Waals surface area contributed by atoms with E-state index in [0.717, 1.165) is 12.8 Å². The summed E-state index contributed by atoms with van der Waals surface area (Å²) in [6.07, 6.45) is 5.77. The molecular weight excluding hydrogens is 218 g/mol. The number of anilines is 1. The van der Waals surface area contributed by atoms with E-state index in [1.165, 1.54) is 19.3 Å². The number of nitrogens with two attached hydrogens (primary N) is 2. The van der Waals surface area contributed by atoms with E-state index in [9.17, 15) is 4.79 Å². The molecule has 6 heteroatoms. The normalized spacial score (nSPS) is 12.6. The zero-order valence-corrected chi connectivity index (χ0v) is 10.5. The number of rotatable bonds is 7. The second kappa shape index (κ2) is 6.22. The monoisotopic (exact) mass is 239 g/mol. The molecule has 17 heavy (non-hydrogen) atoms. The van der Waals surface area contributed by atoms with Crippen LogP contribution in [0.1, 0.15) is 62.5 Å². The van der Waals surface area contributed by atoms with Gasteiger partial charge in [0.05, 0.1) is 6.04 Å². The second-order valence-corrected chi connectivity index (χ2v) is 4.33. The molecule has 1 aromatic heterocycles. The van der Waals surface area contributed by atoms with Crippen molar-refractivity contribution in [3.05, 3.63) is 5.69 Å². The topological polar surface area (TPSA) is 99.8 Å². The molecule has 1 heterocycles. The number of hydrogen-bond acceptors (Lipinski definition) is 4. The first-order chi connectivity index (χ1) is 8.07. The Morgan fingerprint density at radius 1 is 1.41 bits per heavy atom. The van der Waals surface area contributed by atoms with E-state index >= 15 is 0 Å². The van der Waals surface area contributed by atoms with Gasteiger partial charge < -0.3 is 11.5 Å². The molecule has 0 bridgehead atoms. The van der Waals surface area contributed by atoms with E-state index in [4.69, 9.17) is 11.5 Å². The van der Waals surface area contributed by atoms with Gasteiger partial charge in [0.1, 0.15) is 0 Å². The van der Waals surface area contributed by atoms with Gasteiger partial charge in [-0.2, -0.15) is 0 Å². The van der Waals surface area contributed by atoms with Gasteiger partial charge in [0.2, 0.25) is 0 Å². The predicted octanol–water partition coefficient (Wildman–Crippen LogP) is 1.49. The Labute approximate surface area is 101 Å². The Morgan fingerprint density at radius 2 is 2.12 bits per heavy atom. The van der Waals surface area contributed by atoms with Gasteiger partial charge in [-0.1, -0.05) is 37.8 Å². The highest BCUT2D eigenvalue weighted by Crippen LogP contribution is 2.19. The van der Waals surface area contributed by atoms with Crippen LogP contribution in [0.15, 0.2) is 0 Å². The molecule has 96 valence electrons. The van der Waals surface area contributed by atoms with Crippen LogP contribution in [-0.2, 0) is 0 Å². The van der Waals surface area contributed by atoms with Gasteiger partial charge in [-0.05, 0) is 13.3 Å².